The lowest BCUT2D eigenvalue weighted by Crippen LogP contribution is -2.14. The van der Waals surface area contributed by atoms with Crippen molar-refractivity contribution >= 4 is 11.4 Å². The minimum Gasteiger partial charge on any atom is -0.264 e. The van der Waals surface area contributed by atoms with Gasteiger partial charge >= 0.3 is 6.18 Å². The van der Waals surface area contributed by atoms with E-state index in [-0.39, 0.29) is 11.3 Å². The average Bonchev–Trinajstić information content (AvgIpc) is 2.61. The number of pyridine rings is 1. The summed E-state index contributed by atoms with van der Waals surface area (Å²) in [5.74, 6) is 0. The molecule has 0 unspecified atom stereocenters. The van der Waals surface area contributed by atoms with Crippen LogP contribution in [0.5, 0.6) is 0 Å². The second-order valence-electron chi connectivity index (χ2n) is 5.53. The van der Waals surface area contributed by atoms with Gasteiger partial charge in [0.05, 0.1) is 17.0 Å². The lowest BCUT2D eigenvalue weighted by Gasteiger charge is -2.15. The first kappa shape index (κ1) is 16.9. The molecule has 0 amide bonds. The van der Waals surface area contributed by atoms with Crippen LogP contribution in [0.15, 0.2) is 78.0 Å². The van der Waals surface area contributed by atoms with Gasteiger partial charge < -0.3 is 0 Å². The molecule has 0 aliphatic rings. The zero-order chi connectivity index (χ0) is 17.9. The predicted octanol–water partition coefficient (Wildman–Crippen LogP) is 5.58. The molecule has 25 heavy (non-hydrogen) atoms. The molecule has 1 heterocycles. The first-order valence-electron chi connectivity index (χ1n) is 7.68. The Hall–Kier alpha value is -2.95. The van der Waals surface area contributed by atoms with Crippen molar-refractivity contribution in [3.63, 3.8) is 0 Å². The van der Waals surface area contributed by atoms with E-state index in [2.05, 4.69) is 9.98 Å². The maximum Gasteiger partial charge on any atom is 0.417 e. The van der Waals surface area contributed by atoms with Gasteiger partial charge in [-0.3, -0.25) is 4.98 Å². The maximum atomic E-state index is 13.5. The van der Waals surface area contributed by atoms with Crippen LogP contribution in [0.4, 0.5) is 18.9 Å². The van der Waals surface area contributed by atoms with Crippen LogP contribution in [0.2, 0.25) is 0 Å². The Morgan fingerprint density at radius 1 is 0.920 bits per heavy atom. The Labute approximate surface area is 143 Å². The number of rotatable bonds is 3. The van der Waals surface area contributed by atoms with Crippen molar-refractivity contribution in [2.75, 3.05) is 0 Å². The molecule has 0 saturated carbocycles. The van der Waals surface area contributed by atoms with Gasteiger partial charge in [-0.25, -0.2) is 4.99 Å². The second-order valence-corrected chi connectivity index (χ2v) is 5.53. The molecule has 0 radical (unpaired) electrons. The van der Waals surface area contributed by atoms with E-state index >= 15 is 0 Å². The second kappa shape index (κ2) is 6.89. The number of aromatic nitrogens is 1. The molecule has 0 spiro atoms. The third-order valence-electron chi connectivity index (χ3n) is 3.77. The van der Waals surface area contributed by atoms with Crippen molar-refractivity contribution in [3.05, 3.63) is 95.3 Å². The lowest BCUT2D eigenvalue weighted by molar-refractivity contribution is -0.137. The molecular formula is C20H15F3N2. The number of aryl methyl sites for hydroxylation is 1. The fraction of sp³-hybridized carbons (Fsp3) is 0.100. The zero-order valence-electron chi connectivity index (χ0n) is 13.5. The highest BCUT2D eigenvalue weighted by Crippen LogP contribution is 2.34. The van der Waals surface area contributed by atoms with Crippen LogP contribution in [0.25, 0.3) is 0 Å². The predicted molar refractivity (Wildman–Crippen MR) is 92.2 cm³/mol. The van der Waals surface area contributed by atoms with Gasteiger partial charge in [0.25, 0.3) is 0 Å². The van der Waals surface area contributed by atoms with Gasteiger partial charge in [0.15, 0.2) is 0 Å². The molecule has 2 nitrogen and oxygen atoms in total. The number of para-hydroxylation sites is 1. The maximum absolute atomic E-state index is 13.5. The first-order valence-corrected chi connectivity index (χ1v) is 7.68. The highest BCUT2D eigenvalue weighted by Gasteiger charge is 2.34. The number of alkyl halides is 3. The largest absolute Gasteiger partial charge is 0.417 e. The summed E-state index contributed by atoms with van der Waals surface area (Å²) in [4.78, 5) is 8.57. The Kier molecular flexibility index (Phi) is 4.65. The van der Waals surface area contributed by atoms with Gasteiger partial charge in [0, 0.05) is 23.5 Å². The summed E-state index contributed by atoms with van der Waals surface area (Å²) in [6.07, 6.45) is -1.37. The van der Waals surface area contributed by atoms with Crippen molar-refractivity contribution in [1.82, 2.24) is 4.98 Å². The van der Waals surface area contributed by atoms with Gasteiger partial charge in [0.2, 0.25) is 0 Å². The Morgan fingerprint density at radius 2 is 1.64 bits per heavy atom. The Balaban J connectivity index is 2.26. The number of hydrogen-bond donors (Lipinski definition) is 0. The molecule has 5 heteroatoms. The SMILES string of the molecule is Cc1ccccc1/N=C(/c1cccnc1)c1ccccc1C(F)(F)F. The quantitative estimate of drug-likeness (QED) is 0.572. The molecule has 1 aromatic heterocycles. The molecule has 0 saturated heterocycles. The minimum absolute atomic E-state index is 0.0336. The van der Waals surface area contributed by atoms with Crippen LogP contribution >= 0.6 is 0 Å². The minimum atomic E-state index is -4.47. The van der Waals surface area contributed by atoms with Crippen LogP contribution in [0.3, 0.4) is 0 Å². The third-order valence-corrected chi connectivity index (χ3v) is 3.77. The van der Waals surface area contributed by atoms with Crippen molar-refractivity contribution in [2.24, 2.45) is 4.99 Å². The molecule has 0 atom stereocenters. The summed E-state index contributed by atoms with van der Waals surface area (Å²) in [5.41, 5.74) is 1.60. The van der Waals surface area contributed by atoms with E-state index in [0.717, 1.165) is 11.6 Å². The molecule has 0 fully saturated rings. The van der Waals surface area contributed by atoms with E-state index in [1.807, 2.05) is 25.1 Å². The molecule has 0 bridgehead atoms. The molecule has 0 aliphatic carbocycles. The fourth-order valence-corrected chi connectivity index (χ4v) is 2.53. The summed E-state index contributed by atoms with van der Waals surface area (Å²) >= 11 is 0. The number of hydrogen-bond acceptors (Lipinski definition) is 2. The Bertz CT molecular complexity index is 900. The van der Waals surface area contributed by atoms with Crippen LogP contribution < -0.4 is 0 Å². The van der Waals surface area contributed by atoms with E-state index in [0.29, 0.717) is 11.3 Å². The molecule has 3 rings (SSSR count). The van der Waals surface area contributed by atoms with Crippen LogP contribution in [-0.2, 0) is 6.18 Å². The number of aliphatic imine (C=N–C) groups is 1. The fourth-order valence-electron chi connectivity index (χ4n) is 2.53. The van der Waals surface area contributed by atoms with Crippen LogP contribution in [-0.4, -0.2) is 10.7 Å². The summed E-state index contributed by atoms with van der Waals surface area (Å²) in [6.45, 7) is 1.87. The van der Waals surface area contributed by atoms with E-state index < -0.39 is 11.7 Å². The molecular weight excluding hydrogens is 325 g/mol. The topological polar surface area (TPSA) is 25.2 Å². The van der Waals surface area contributed by atoms with Gasteiger partial charge in [-0.05, 0) is 36.8 Å². The average molecular weight is 340 g/mol. The van der Waals surface area contributed by atoms with Crippen molar-refractivity contribution in [3.8, 4) is 0 Å². The van der Waals surface area contributed by atoms with E-state index in [1.165, 1.54) is 18.3 Å². The van der Waals surface area contributed by atoms with Crippen molar-refractivity contribution < 1.29 is 13.2 Å². The molecule has 126 valence electrons. The van der Waals surface area contributed by atoms with Crippen LogP contribution in [0, 0.1) is 6.92 Å². The van der Waals surface area contributed by atoms with Crippen LogP contribution in [0.1, 0.15) is 22.3 Å². The summed E-state index contributed by atoms with van der Waals surface area (Å²) < 4.78 is 40.4. The van der Waals surface area contributed by atoms with Crippen molar-refractivity contribution in [2.45, 2.75) is 13.1 Å². The molecule has 0 N–H and O–H groups in total. The highest BCUT2D eigenvalue weighted by atomic mass is 19.4. The summed E-state index contributed by atoms with van der Waals surface area (Å²) in [7, 11) is 0. The van der Waals surface area contributed by atoms with Gasteiger partial charge in [-0.1, -0.05) is 36.4 Å². The molecule has 0 aliphatic heterocycles. The first-order chi connectivity index (χ1) is 12.0. The number of nitrogens with zero attached hydrogens (tertiary/aromatic N) is 2. The van der Waals surface area contributed by atoms with Gasteiger partial charge in [-0.2, -0.15) is 13.2 Å². The number of benzene rings is 2. The zero-order valence-corrected chi connectivity index (χ0v) is 13.5. The standard InChI is InChI=1S/C20H15F3N2/c1-14-7-2-5-11-18(14)25-19(15-8-6-12-24-13-15)16-9-3-4-10-17(16)20(21,22)23/h2-13H,1H3/b25-19-. The van der Waals surface area contributed by atoms with Crippen molar-refractivity contribution in [1.29, 1.82) is 0 Å². The normalized spacial score (nSPS) is 12.2. The van der Waals surface area contributed by atoms with Gasteiger partial charge in [-0.15, -0.1) is 0 Å². The molecule has 2 aromatic carbocycles. The monoisotopic (exact) mass is 340 g/mol. The highest BCUT2D eigenvalue weighted by molar-refractivity contribution is 6.14. The summed E-state index contributed by atoms with van der Waals surface area (Å²) in [6, 6.07) is 16.2. The number of halogens is 3. The van der Waals surface area contributed by atoms with E-state index in [1.54, 1.807) is 30.5 Å². The summed E-state index contributed by atoms with van der Waals surface area (Å²) in [5, 5.41) is 0. The third kappa shape index (κ3) is 3.76. The molecule has 3 aromatic rings. The Morgan fingerprint density at radius 3 is 2.32 bits per heavy atom. The van der Waals surface area contributed by atoms with E-state index in [4.69, 9.17) is 0 Å². The van der Waals surface area contributed by atoms with E-state index in [9.17, 15) is 13.2 Å². The van der Waals surface area contributed by atoms with Gasteiger partial charge in [0.1, 0.15) is 0 Å². The smallest absolute Gasteiger partial charge is 0.264 e. The lowest BCUT2D eigenvalue weighted by atomic mass is 9.97.